The molecule has 0 radical (unpaired) electrons. The minimum atomic E-state index is 0.165. The Kier molecular flexibility index (Phi) is 2.79. The number of rotatable bonds is 3. The van der Waals surface area contributed by atoms with E-state index >= 15 is 0 Å². The lowest BCUT2D eigenvalue weighted by molar-refractivity contribution is -0.482. The molecule has 1 aromatic carbocycles. The van der Waals surface area contributed by atoms with Gasteiger partial charge in [0.2, 0.25) is 0 Å². The molecule has 1 aromatic rings. The predicted octanol–water partition coefficient (Wildman–Crippen LogP) is 3.31. The van der Waals surface area contributed by atoms with Gasteiger partial charge < -0.3 is 19.1 Å². The van der Waals surface area contributed by atoms with Crippen LogP contribution in [0.25, 0.3) is 0 Å². The van der Waals surface area contributed by atoms with E-state index in [2.05, 4.69) is 37.9 Å². The summed E-state index contributed by atoms with van der Waals surface area (Å²) < 4.78 is 19.2. The van der Waals surface area contributed by atoms with Crippen molar-refractivity contribution in [2.75, 3.05) is 27.3 Å². The van der Waals surface area contributed by atoms with Crippen molar-refractivity contribution >= 4 is 0 Å². The number of ether oxygens (including phenoxy) is 3. The molecule has 7 aliphatic rings. The molecule has 4 bridgehead atoms. The zero-order valence-electron chi connectivity index (χ0n) is 17.5. The summed E-state index contributed by atoms with van der Waals surface area (Å²) in [5.74, 6) is 3.46. The minimum absolute atomic E-state index is 0.165. The van der Waals surface area contributed by atoms with Crippen LogP contribution in [0.5, 0.6) is 11.5 Å². The number of hydrogen-bond donors (Lipinski definition) is 0. The smallest absolute Gasteiger partial charge is 0.165 e. The molecule has 3 unspecified atom stereocenters. The maximum absolute atomic E-state index is 7.03. The molecule has 4 saturated carbocycles. The van der Waals surface area contributed by atoms with E-state index in [9.17, 15) is 0 Å². The first-order valence-electron chi connectivity index (χ1n) is 11.2. The second-order valence-electron chi connectivity index (χ2n) is 10.5. The molecule has 150 valence electrons. The minimum Gasteiger partial charge on any atom is -0.493 e. The summed E-state index contributed by atoms with van der Waals surface area (Å²) >= 11 is 0. The Hall–Kier alpha value is -1.26. The highest BCUT2D eigenvalue weighted by atomic mass is 16.6. The van der Waals surface area contributed by atoms with E-state index in [0.717, 1.165) is 36.4 Å². The molecular weight excluding hydrogens is 350 g/mol. The lowest BCUT2D eigenvalue weighted by atomic mass is 9.10. The SMILES string of the molecule is CCO[C@H]1CC[C@@]2(C)[C@]34C5Cc6ccc(OC)c7c6CC3[C@]2(C4CN5C)[C@H]1O7. The summed E-state index contributed by atoms with van der Waals surface area (Å²) in [6.45, 7) is 6.74. The second kappa shape index (κ2) is 4.73. The van der Waals surface area contributed by atoms with Gasteiger partial charge in [0.05, 0.1) is 13.2 Å². The molecule has 28 heavy (non-hydrogen) atoms. The highest BCUT2D eigenvalue weighted by molar-refractivity contribution is 5.58. The number of benzene rings is 1. The number of likely N-dealkylation sites (tertiary alicyclic amines) is 1. The van der Waals surface area contributed by atoms with Gasteiger partial charge in [-0.25, -0.2) is 0 Å². The molecule has 2 aliphatic heterocycles. The summed E-state index contributed by atoms with van der Waals surface area (Å²) in [5, 5.41) is 0. The summed E-state index contributed by atoms with van der Waals surface area (Å²) in [6.07, 6.45) is 5.15. The first-order valence-corrected chi connectivity index (χ1v) is 11.2. The quantitative estimate of drug-likeness (QED) is 0.804. The molecule has 0 amide bonds. The van der Waals surface area contributed by atoms with Crippen molar-refractivity contribution in [3.8, 4) is 11.5 Å². The highest BCUT2D eigenvalue weighted by Crippen LogP contribution is 2.97. The summed E-state index contributed by atoms with van der Waals surface area (Å²) in [6, 6.07) is 5.13. The molecule has 2 spiro atoms. The van der Waals surface area contributed by atoms with E-state index in [0.29, 0.717) is 16.9 Å². The number of nitrogens with zero attached hydrogens (tertiary/aromatic N) is 1. The standard InChI is InChI=1S/C24H31NO3/c1-5-27-16-8-9-22(2)23-17-11-14-13-6-7-15(26-4)20(14)28-21(16)24(17,22)18(23)12-25(3)19(23)10-13/h6-7,16-19,21H,5,8-12H2,1-4H3/t16-,17?,18?,19?,21-,22-,23+,24-/m0/s1. The summed E-state index contributed by atoms with van der Waals surface area (Å²) in [7, 11) is 4.15. The first-order chi connectivity index (χ1) is 13.6. The van der Waals surface area contributed by atoms with Gasteiger partial charge in [0.1, 0.15) is 6.10 Å². The van der Waals surface area contributed by atoms with Crippen LogP contribution in [0.4, 0.5) is 0 Å². The van der Waals surface area contributed by atoms with Gasteiger partial charge in [-0.15, -0.1) is 0 Å². The third kappa shape index (κ3) is 1.27. The second-order valence-corrected chi connectivity index (χ2v) is 10.5. The Bertz CT molecular complexity index is 900. The van der Waals surface area contributed by atoms with Crippen LogP contribution in [0, 0.1) is 28.1 Å². The van der Waals surface area contributed by atoms with Crippen LogP contribution in [-0.2, 0) is 17.6 Å². The molecule has 4 nitrogen and oxygen atoms in total. The van der Waals surface area contributed by atoms with E-state index < -0.39 is 0 Å². The van der Waals surface area contributed by atoms with Gasteiger partial charge in [0.15, 0.2) is 11.5 Å². The Balaban J connectivity index is 1.51. The zero-order chi connectivity index (χ0) is 19.1. The monoisotopic (exact) mass is 381 g/mol. The van der Waals surface area contributed by atoms with E-state index in [1.54, 1.807) is 7.11 Å². The predicted molar refractivity (Wildman–Crippen MR) is 106 cm³/mol. The van der Waals surface area contributed by atoms with Crippen molar-refractivity contribution in [2.45, 2.75) is 57.8 Å². The summed E-state index contributed by atoms with van der Waals surface area (Å²) in [4.78, 5) is 2.70. The van der Waals surface area contributed by atoms with Crippen molar-refractivity contribution in [1.82, 2.24) is 4.90 Å². The Morgan fingerprint density at radius 3 is 2.86 bits per heavy atom. The fraction of sp³-hybridized carbons (Fsp3) is 0.750. The molecule has 4 heteroatoms. The zero-order valence-corrected chi connectivity index (χ0v) is 17.5. The maximum atomic E-state index is 7.03. The van der Waals surface area contributed by atoms with Crippen molar-refractivity contribution in [3.05, 3.63) is 23.3 Å². The Morgan fingerprint density at radius 1 is 1.21 bits per heavy atom. The Labute approximate surface area is 167 Å². The van der Waals surface area contributed by atoms with Gasteiger partial charge in [0, 0.05) is 35.6 Å². The van der Waals surface area contributed by atoms with Crippen LogP contribution < -0.4 is 9.47 Å². The molecule has 1 saturated heterocycles. The van der Waals surface area contributed by atoms with E-state index in [1.807, 2.05) is 0 Å². The molecular formula is C24H31NO3. The lowest BCUT2D eigenvalue weighted by Gasteiger charge is -2.93. The lowest BCUT2D eigenvalue weighted by Crippen LogP contribution is -2.95. The van der Waals surface area contributed by atoms with Crippen LogP contribution in [0.1, 0.15) is 37.8 Å². The highest BCUT2D eigenvalue weighted by Gasteiger charge is 2.99. The molecule has 5 aliphatic carbocycles. The van der Waals surface area contributed by atoms with Crippen LogP contribution in [0.3, 0.4) is 0 Å². The molecule has 0 N–H and O–H groups in total. The topological polar surface area (TPSA) is 30.9 Å². The number of hydrogen-bond acceptors (Lipinski definition) is 4. The van der Waals surface area contributed by atoms with Crippen LogP contribution in [-0.4, -0.2) is 50.5 Å². The van der Waals surface area contributed by atoms with Gasteiger partial charge >= 0.3 is 0 Å². The third-order valence-electron chi connectivity index (χ3n) is 10.5. The molecule has 8 rings (SSSR count). The van der Waals surface area contributed by atoms with E-state index in [1.165, 1.54) is 36.9 Å². The Morgan fingerprint density at radius 2 is 2.07 bits per heavy atom. The van der Waals surface area contributed by atoms with Gasteiger partial charge in [-0.2, -0.15) is 0 Å². The average Bonchev–Trinajstić information content (AvgIpc) is 2.80. The fourth-order valence-electron chi connectivity index (χ4n) is 10.00. The average molecular weight is 382 g/mol. The van der Waals surface area contributed by atoms with Gasteiger partial charge in [-0.3, -0.25) is 0 Å². The van der Waals surface area contributed by atoms with Crippen LogP contribution >= 0.6 is 0 Å². The normalized spacial score (nSPS) is 51.4. The van der Waals surface area contributed by atoms with Gasteiger partial charge in [0.25, 0.3) is 0 Å². The van der Waals surface area contributed by atoms with Crippen molar-refractivity contribution in [1.29, 1.82) is 0 Å². The largest absolute Gasteiger partial charge is 0.493 e. The number of methoxy groups -OCH3 is 1. The first kappa shape index (κ1) is 16.5. The summed E-state index contributed by atoms with van der Waals surface area (Å²) in [5.41, 5.74) is 4.09. The van der Waals surface area contributed by atoms with Crippen LogP contribution in [0.15, 0.2) is 12.1 Å². The van der Waals surface area contributed by atoms with Gasteiger partial charge in [-0.05, 0) is 68.5 Å². The van der Waals surface area contributed by atoms with E-state index in [-0.39, 0.29) is 17.6 Å². The number of likely N-dealkylation sites (N-methyl/N-ethyl adjacent to an activating group) is 1. The third-order valence-corrected chi connectivity index (χ3v) is 10.5. The van der Waals surface area contributed by atoms with Crippen molar-refractivity contribution in [3.63, 3.8) is 0 Å². The van der Waals surface area contributed by atoms with Crippen molar-refractivity contribution in [2.24, 2.45) is 28.1 Å². The molecule has 5 fully saturated rings. The van der Waals surface area contributed by atoms with Gasteiger partial charge in [-0.1, -0.05) is 13.0 Å². The van der Waals surface area contributed by atoms with Crippen molar-refractivity contribution < 1.29 is 14.2 Å². The van der Waals surface area contributed by atoms with Crippen LogP contribution in [0.2, 0.25) is 0 Å². The fourth-order valence-corrected chi connectivity index (χ4v) is 10.00. The molecule has 2 heterocycles. The molecule has 8 atom stereocenters. The molecule has 0 aromatic heterocycles. The van der Waals surface area contributed by atoms with E-state index in [4.69, 9.17) is 14.2 Å². The maximum Gasteiger partial charge on any atom is 0.165 e.